The lowest BCUT2D eigenvalue weighted by atomic mass is 10.2. The molecular formula is C14H14F2N2O2S. The Hall–Kier alpha value is -2.15. The van der Waals surface area contributed by atoms with Crippen molar-refractivity contribution in [3.8, 4) is 0 Å². The molecule has 2 aromatic carbocycles. The number of halogens is 2. The van der Waals surface area contributed by atoms with Crippen LogP contribution in [0.1, 0.15) is 11.1 Å². The highest BCUT2D eigenvalue weighted by Gasteiger charge is 2.20. The molecule has 3 N–H and O–H groups in total. The van der Waals surface area contributed by atoms with Crippen molar-refractivity contribution in [2.24, 2.45) is 0 Å². The summed E-state index contributed by atoms with van der Waals surface area (Å²) in [6, 6.07) is 5.93. The predicted molar refractivity (Wildman–Crippen MR) is 77.5 cm³/mol. The molecule has 0 saturated carbocycles. The molecule has 0 saturated heterocycles. The molecule has 0 amide bonds. The first-order valence-corrected chi connectivity index (χ1v) is 7.53. The SMILES string of the molecule is Cc1cc(F)c(S(=O)(=O)Nc2ccc(C)c(F)c2)cc1N. The molecule has 21 heavy (non-hydrogen) atoms. The van der Waals surface area contributed by atoms with Gasteiger partial charge in [0.1, 0.15) is 16.5 Å². The fraction of sp³-hybridized carbons (Fsp3) is 0.143. The molecule has 0 aromatic heterocycles. The molecule has 0 fully saturated rings. The third-order valence-electron chi connectivity index (χ3n) is 3.03. The van der Waals surface area contributed by atoms with Crippen molar-refractivity contribution >= 4 is 21.4 Å². The maximum Gasteiger partial charge on any atom is 0.264 e. The van der Waals surface area contributed by atoms with Crippen LogP contribution in [0.4, 0.5) is 20.2 Å². The molecule has 0 aliphatic heterocycles. The van der Waals surface area contributed by atoms with Crippen LogP contribution in [0.15, 0.2) is 35.2 Å². The van der Waals surface area contributed by atoms with Crippen molar-refractivity contribution in [1.29, 1.82) is 0 Å². The molecule has 0 spiro atoms. The highest BCUT2D eigenvalue weighted by molar-refractivity contribution is 7.92. The van der Waals surface area contributed by atoms with Gasteiger partial charge in [0.2, 0.25) is 0 Å². The maximum absolute atomic E-state index is 13.8. The second-order valence-corrected chi connectivity index (χ2v) is 6.36. The summed E-state index contributed by atoms with van der Waals surface area (Å²) in [6.45, 7) is 3.12. The third kappa shape index (κ3) is 3.13. The van der Waals surface area contributed by atoms with Crippen molar-refractivity contribution in [2.45, 2.75) is 18.7 Å². The highest BCUT2D eigenvalue weighted by Crippen LogP contribution is 2.24. The molecule has 112 valence electrons. The van der Waals surface area contributed by atoms with Gasteiger partial charge in [-0.15, -0.1) is 0 Å². The smallest absolute Gasteiger partial charge is 0.264 e. The average molecular weight is 312 g/mol. The second kappa shape index (κ2) is 5.33. The van der Waals surface area contributed by atoms with Crippen molar-refractivity contribution in [3.63, 3.8) is 0 Å². The normalized spacial score (nSPS) is 11.4. The number of nitrogens with one attached hydrogen (secondary N) is 1. The molecule has 0 bridgehead atoms. The van der Waals surface area contributed by atoms with Gasteiger partial charge in [-0.2, -0.15) is 0 Å². The standard InChI is InChI=1S/C14H14F2N2O2S/c1-8-3-4-10(6-11(8)15)18-21(19,20)14-7-13(17)9(2)5-12(14)16/h3-7,18H,17H2,1-2H3. The monoisotopic (exact) mass is 312 g/mol. The minimum absolute atomic E-state index is 0.0108. The molecule has 0 aliphatic rings. The number of rotatable bonds is 3. The Kier molecular flexibility index (Phi) is 3.87. The minimum atomic E-state index is -4.18. The lowest BCUT2D eigenvalue weighted by molar-refractivity contribution is 0.570. The van der Waals surface area contributed by atoms with Crippen LogP contribution in [-0.4, -0.2) is 8.42 Å². The Morgan fingerprint density at radius 3 is 2.29 bits per heavy atom. The lowest BCUT2D eigenvalue weighted by Gasteiger charge is -2.11. The van der Waals surface area contributed by atoms with Crippen molar-refractivity contribution in [1.82, 2.24) is 0 Å². The largest absolute Gasteiger partial charge is 0.398 e. The highest BCUT2D eigenvalue weighted by atomic mass is 32.2. The zero-order valence-electron chi connectivity index (χ0n) is 11.4. The molecular weight excluding hydrogens is 298 g/mol. The van der Waals surface area contributed by atoms with Gasteiger partial charge in [0.25, 0.3) is 10.0 Å². The van der Waals surface area contributed by atoms with Crippen LogP contribution in [-0.2, 0) is 10.0 Å². The number of aryl methyl sites for hydroxylation is 2. The number of anilines is 2. The van der Waals surface area contributed by atoms with E-state index in [4.69, 9.17) is 5.73 Å². The molecule has 0 heterocycles. The van der Waals surface area contributed by atoms with Gasteiger partial charge >= 0.3 is 0 Å². The predicted octanol–water partition coefficient (Wildman–Crippen LogP) is 2.96. The Labute approximate surface area is 121 Å². The van der Waals surface area contributed by atoms with Crippen LogP contribution in [0.2, 0.25) is 0 Å². The number of hydrogen-bond donors (Lipinski definition) is 2. The van der Waals surface area contributed by atoms with E-state index in [-0.39, 0.29) is 11.4 Å². The number of nitrogens with two attached hydrogens (primary N) is 1. The fourth-order valence-electron chi connectivity index (χ4n) is 1.74. The van der Waals surface area contributed by atoms with E-state index in [0.29, 0.717) is 11.1 Å². The van der Waals surface area contributed by atoms with E-state index in [1.807, 2.05) is 0 Å². The van der Waals surface area contributed by atoms with Crippen LogP contribution in [0.3, 0.4) is 0 Å². The summed E-state index contributed by atoms with van der Waals surface area (Å²) < 4.78 is 53.7. The average Bonchev–Trinajstić information content (AvgIpc) is 2.37. The number of sulfonamides is 1. The third-order valence-corrected chi connectivity index (χ3v) is 4.43. The maximum atomic E-state index is 13.8. The van der Waals surface area contributed by atoms with Crippen LogP contribution in [0, 0.1) is 25.5 Å². The van der Waals surface area contributed by atoms with Gasteiger partial charge in [-0.25, -0.2) is 17.2 Å². The van der Waals surface area contributed by atoms with E-state index < -0.39 is 26.6 Å². The van der Waals surface area contributed by atoms with E-state index in [2.05, 4.69) is 4.72 Å². The lowest BCUT2D eigenvalue weighted by Crippen LogP contribution is -2.15. The molecule has 7 heteroatoms. The summed E-state index contributed by atoms with van der Waals surface area (Å²) in [7, 11) is -4.18. The van der Waals surface area contributed by atoms with E-state index in [1.165, 1.54) is 12.1 Å². The molecule has 0 atom stereocenters. The van der Waals surface area contributed by atoms with Crippen LogP contribution < -0.4 is 10.5 Å². The quantitative estimate of drug-likeness (QED) is 0.856. The van der Waals surface area contributed by atoms with E-state index >= 15 is 0 Å². The van der Waals surface area contributed by atoms with Crippen molar-refractivity contribution < 1.29 is 17.2 Å². The van der Waals surface area contributed by atoms with E-state index in [0.717, 1.165) is 18.2 Å². The Bertz CT molecular complexity index is 805. The van der Waals surface area contributed by atoms with Gasteiger partial charge in [0.15, 0.2) is 0 Å². The summed E-state index contributed by atoms with van der Waals surface area (Å²) >= 11 is 0. The first-order chi connectivity index (χ1) is 9.70. The Morgan fingerprint density at radius 1 is 1.00 bits per heavy atom. The second-order valence-electron chi connectivity index (χ2n) is 4.71. The van der Waals surface area contributed by atoms with Crippen molar-refractivity contribution in [3.05, 3.63) is 53.1 Å². The number of nitrogen functional groups attached to an aromatic ring is 1. The Morgan fingerprint density at radius 2 is 1.67 bits per heavy atom. The summed E-state index contributed by atoms with van der Waals surface area (Å²) in [6.07, 6.45) is 0. The fourth-order valence-corrected chi connectivity index (χ4v) is 2.89. The first-order valence-electron chi connectivity index (χ1n) is 6.05. The first kappa shape index (κ1) is 15.2. The summed E-state index contributed by atoms with van der Waals surface area (Å²) in [4.78, 5) is -0.577. The summed E-state index contributed by atoms with van der Waals surface area (Å²) in [5.41, 5.74) is 6.59. The Balaban J connectivity index is 2.43. The molecule has 0 aliphatic carbocycles. The molecule has 0 unspecified atom stereocenters. The van der Waals surface area contributed by atoms with Crippen LogP contribution in [0.25, 0.3) is 0 Å². The topological polar surface area (TPSA) is 72.2 Å². The van der Waals surface area contributed by atoms with Gasteiger partial charge in [-0.1, -0.05) is 6.07 Å². The molecule has 4 nitrogen and oxygen atoms in total. The molecule has 2 aromatic rings. The van der Waals surface area contributed by atoms with E-state index in [9.17, 15) is 17.2 Å². The van der Waals surface area contributed by atoms with Gasteiger partial charge in [-0.3, -0.25) is 4.72 Å². The summed E-state index contributed by atoms with van der Waals surface area (Å²) in [5.74, 6) is -1.47. The van der Waals surface area contributed by atoms with Gasteiger partial charge in [0, 0.05) is 5.69 Å². The van der Waals surface area contributed by atoms with Gasteiger partial charge in [0.05, 0.1) is 5.69 Å². The molecule has 0 radical (unpaired) electrons. The molecule has 2 rings (SSSR count). The van der Waals surface area contributed by atoms with Gasteiger partial charge in [-0.05, 0) is 49.2 Å². The number of benzene rings is 2. The van der Waals surface area contributed by atoms with Crippen LogP contribution >= 0.6 is 0 Å². The minimum Gasteiger partial charge on any atom is -0.398 e. The van der Waals surface area contributed by atoms with E-state index in [1.54, 1.807) is 13.8 Å². The summed E-state index contributed by atoms with van der Waals surface area (Å²) in [5, 5.41) is 0. The zero-order valence-corrected chi connectivity index (χ0v) is 12.3. The van der Waals surface area contributed by atoms with Crippen molar-refractivity contribution in [2.75, 3.05) is 10.5 Å². The number of hydrogen-bond acceptors (Lipinski definition) is 3. The zero-order chi connectivity index (χ0) is 15.8. The van der Waals surface area contributed by atoms with Gasteiger partial charge < -0.3 is 5.73 Å². The van der Waals surface area contributed by atoms with Crippen LogP contribution in [0.5, 0.6) is 0 Å².